The third kappa shape index (κ3) is 7.45. The molecule has 2 N–H and O–H groups in total. The fourth-order valence-electron chi connectivity index (χ4n) is 3.22. The Bertz CT molecular complexity index is 1360. The molecular weight excluding hydrogens is 510 g/mol. The molecule has 2 aromatic carbocycles. The van der Waals surface area contributed by atoms with Gasteiger partial charge in [0, 0.05) is 44.2 Å². The monoisotopic (exact) mass is 538 g/mol. The van der Waals surface area contributed by atoms with E-state index in [2.05, 4.69) is 14.8 Å². The number of imidazole rings is 2. The molecule has 6 nitrogen and oxygen atoms in total. The van der Waals surface area contributed by atoms with E-state index >= 15 is 0 Å². The van der Waals surface area contributed by atoms with Gasteiger partial charge in [0.15, 0.2) is 17.1 Å². The molecule has 2 aromatic heterocycles. The first kappa shape index (κ1) is 31.9. The zero-order valence-corrected chi connectivity index (χ0v) is 19.1. The van der Waals surface area contributed by atoms with E-state index in [0.717, 1.165) is 18.0 Å². The summed E-state index contributed by atoms with van der Waals surface area (Å²) in [6, 6.07) is 13.2. The van der Waals surface area contributed by atoms with Crippen molar-refractivity contribution in [3.05, 3.63) is 89.3 Å². The van der Waals surface area contributed by atoms with Gasteiger partial charge in [0.25, 0.3) is 0 Å². The fraction of sp³-hybridized carbons (Fsp3) is 0.269. The van der Waals surface area contributed by atoms with Crippen LogP contribution < -0.4 is 5.73 Å². The molecule has 0 aliphatic heterocycles. The van der Waals surface area contributed by atoms with Gasteiger partial charge in [-0.2, -0.15) is 26.3 Å². The molecule has 4 rings (SSSR count). The quantitative estimate of drug-likeness (QED) is 0.217. The van der Waals surface area contributed by atoms with Crippen molar-refractivity contribution in [1.82, 2.24) is 19.1 Å². The van der Waals surface area contributed by atoms with Gasteiger partial charge in [-0.1, -0.05) is 63.4 Å². The standard InChI is InChI=1S/C12H8F3N3.C12H12F3N3.2CH4/c1-16-9-5-3-8(4-6-9)11-17-10(7-18(11)2)12(13,14)15;1-18-7-10(12(13,14)15)17-11(18)9-4-2-8(6-16)3-5-9;;/h3-7H,2H3;2-5,7H,6,16H2,1H3;2*1H4. The summed E-state index contributed by atoms with van der Waals surface area (Å²) < 4.78 is 77.7. The normalized spacial score (nSPS) is 10.9. The second-order valence-corrected chi connectivity index (χ2v) is 7.68. The minimum Gasteiger partial charge on any atom is -0.333 e. The van der Waals surface area contributed by atoms with Gasteiger partial charge in [-0.15, -0.1) is 0 Å². The van der Waals surface area contributed by atoms with Crippen LogP contribution in [-0.4, -0.2) is 19.1 Å². The number of hydrogen-bond acceptors (Lipinski definition) is 3. The second kappa shape index (κ2) is 12.4. The lowest BCUT2D eigenvalue weighted by Crippen LogP contribution is -2.04. The van der Waals surface area contributed by atoms with Gasteiger partial charge < -0.3 is 14.9 Å². The molecule has 2 heterocycles. The van der Waals surface area contributed by atoms with E-state index in [-0.39, 0.29) is 26.5 Å². The highest BCUT2D eigenvalue weighted by Gasteiger charge is 2.35. The van der Waals surface area contributed by atoms with Crippen LogP contribution in [0.15, 0.2) is 60.9 Å². The van der Waals surface area contributed by atoms with Gasteiger partial charge in [-0.25, -0.2) is 14.8 Å². The van der Waals surface area contributed by atoms with E-state index in [1.165, 1.54) is 23.2 Å². The summed E-state index contributed by atoms with van der Waals surface area (Å²) in [6.45, 7) is 7.20. The first-order valence-corrected chi connectivity index (χ1v) is 10.3. The minimum absolute atomic E-state index is 0. The van der Waals surface area contributed by atoms with E-state index in [1.54, 1.807) is 48.5 Å². The SMILES string of the molecule is C.C.Cn1cc(C(F)(F)F)nc1-c1ccc(CN)cc1.[C-]#[N+]c1ccc(-c2nc(C(F)(F)F)cn2C)cc1. The van der Waals surface area contributed by atoms with Crippen LogP contribution in [0.2, 0.25) is 0 Å². The van der Waals surface area contributed by atoms with Crippen molar-refractivity contribution in [3.8, 4) is 22.8 Å². The third-order valence-electron chi connectivity index (χ3n) is 5.04. The summed E-state index contributed by atoms with van der Waals surface area (Å²) in [4.78, 5) is 10.4. The summed E-state index contributed by atoms with van der Waals surface area (Å²) in [6.07, 6.45) is -6.95. The van der Waals surface area contributed by atoms with Crippen molar-refractivity contribution in [2.24, 2.45) is 19.8 Å². The summed E-state index contributed by atoms with van der Waals surface area (Å²) in [5.74, 6) is 0.504. The van der Waals surface area contributed by atoms with Crippen LogP contribution >= 0.6 is 0 Å². The number of alkyl halides is 6. The third-order valence-corrected chi connectivity index (χ3v) is 5.04. The van der Waals surface area contributed by atoms with Crippen LogP contribution in [0.25, 0.3) is 27.6 Å². The summed E-state index contributed by atoms with van der Waals surface area (Å²) in [5, 5.41) is 0. The number of hydrogen-bond donors (Lipinski definition) is 1. The lowest BCUT2D eigenvalue weighted by molar-refractivity contribution is -0.141. The molecule has 0 bridgehead atoms. The first-order valence-electron chi connectivity index (χ1n) is 10.3. The Morgan fingerprint density at radius 3 is 1.39 bits per heavy atom. The van der Waals surface area contributed by atoms with Crippen LogP contribution in [0, 0.1) is 6.57 Å². The molecule has 0 spiro atoms. The Balaban J connectivity index is 0.000000361. The van der Waals surface area contributed by atoms with E-state index in [1.807, 2.05) is 0 Å². The van der Waals surface area contributed by atoms with Gasteiger partial charge in [0.1, 0.15) is 11.6 Å². The van der Waals surface area contributed by atoms with Gasteiger partial charge in [-0.3, -0.25) is 0 Å². The number of nitrogens with zero attached hydrogens (tertiary/aromatic N) is 5. The largest absolute Gasteiger partial charge is 0.434 e. The van der Waals surface area contributed by atoms with Gasteiger partial charge in [0.05, 0.1) is 6.57 Å². The number of aryl methyl sites for hydroxylation is 2. The fourth-order valence-corrected chi connectivity index (χ4v) is 3.22. The van der Waals surface area contributed by atoms with Crippen molar-refractivity contribution < 1.29 is 26.3 Å². The molecule has 0 aliphatic rings. The van der Waals surface area contributed by atoms with Gasteiger partial charge in [-0.05, 0) is 5.56 Å². The average molecular weight is 539 g/mol. The van der Waals surface area contributed by atoms with Crippen LogP contribution in [0.5, 0.6) is 0 Å². The van der Waals surface area contributed by atoms with Crippen molar-refractivity contribution in [2.75, 3.05) is 0 Å². The molecule has 0 aliphatic carbocycles. The highest BCUT2D eigenvalue weighted by Crippen LogP contribution is 2.32. The highest BCUT2D eigenvalue weighted by molar-refractivity contribution is 5.61. The molecule has 0 fully saturated rings. The zero-order chi connectivity index (χ0) is 26.7. The average Bonchev–Trinajstić information content (AvgIpc) is 3.42. The van der Waals surface area contributed by atoms with Crippen molar-refractivity contribution in [2.45, 2.75) is 33.8 Å². The highest BCUT2D eigenvalue weighted by atomic mass is 19.4. The van der Waals surface area contributed by atoms with Crippen LogP contribution in [-0.2, 0) is 33.0 Å². The number of benzene rings is 2. The number of rotatable bonds is 3. The molecular formula is C26H28F6N6. The van der Waals surface area contributed by atoms with Gasteiger partial charge in [0.2, 0.25) is 0 Å². The van der Waals surface area contributed by atoms with E-state index in [4.69, 9.17) is 12.3 Å². The summed E-state index contributed by atoms with van der Waals surface area (Å²) in [7, 11) is 3.04. The van der Waals surface area contributed by atoms with E-state index in [0.29, 0.717) is 23.4 Å². The Labute approximate surface area is 217 Å². The van der Waals surface area contributed by atoms with Gasteiger partial charge >= 0.3 is 12.4 Å². The molecule has 204 valence electrons. The van der Waals surface area contributed by atoms with Crippen molar-refractivity contribution in [3.63, 3.8) is 0 Å². The first-order chi connectivity index (χ1) is 16.8. The smallest absolute Gasteiger partial charge is 0.333 e. The lowest BCUT2D eigenvalue weighted by Gasteiger charge is -2.02. The molecule has 0 amide bonds. The molecule has 0 saturated heterocycles. The van der Waals surface area contributed by atoms with Crippen molar-refractivity contribution >= 4 is 5.69 Å². The maximum Gasteiger partial charge on any atom is 0.434 e. The van der Waals surface area contributed by atoms with Crippen LogP contribution in [0.4, 0.5) is 32.0 Å². The summed E-state index contributed by atoms with van der Waals surface area (Å²) in [5.41, 5.74) is 6.18. The Kier molecular flexibility index (Phi) is 10.4. The van der Waals surface area contributed by atoms with E-state index < -0.39 is 23.7 Å². The molecule has 0 radical (unpaired) electrons. The molecule has 38 heavy (non-hydrogen) atoms. The van der Waals surface area contributed by atoms with Crippen LogP contribution in [0.3, 0.4) is 0 Å². The minimum atomic E-state index is -4.45. The molecule has 0 atom stereocenters. The van der Waals surface area contributed by atoms with Crippen molar-refractivity contribution in [1.29, 1.82) is 0 Å². The van der Waals surface area contributed by atoms with Crippen LogP contribution in [0.1, 0.15) is 31.8 Å². The summed E-state index contributed by atoms with van der Waals surface area (Å²) >= 11 is 0. The molecule has 12 heteroatoms. The second-order valence-electron chi connectivity index (χ2n) is 7.68. The lowest BCUT2D eigenvalue weighted by atomic mass is 10.1. The molecule has 0 unspecified atom stereocenters. The molecule has 4 aromatic rings. The zero-order valence-electron chi connectivity index (χ0n) is 19.1. The number of nitrogens with two attached hydrogens (primary N) is 1. The number of aromatic nitrogens is 4. The van der Waals surface area contributed by atoms with E-state index in [9.17, 15) is 26.3 Å². The molecule has 0 saturated carbocycles. The maximum absolute atomic E-state index is 12.5. The maximum atomic E-state index is 12.5. The topological polar surface area (TPSA) is 66.0 Å². The Morgan fingerprint density at radius 1 is 0.737 bits per heavy atom. The Morgan fingerprint density at radius 2 is 1.11 bits per heavy atom. The predicted octanol–water partition coefficient (Wildman–Crippen LogP) is 7.49. The predicted molar refractivity (Wildman–Crippen MR) is 135 cm³/mol. The Hall–Kier alpha value is -4.11. The number of halogens is 6.